The van der Waals surface area contributed by atoms with E-state index in [1.165, 1.54) is 17.5 Å². The normalized spacial score (nSPS) is 30.9. The van der Waals surface area contributed by atoms with Crippen LogP contribution < -0.4 is 5.32 Å². The van der Waals surface area contributed by atoms with Crippen molar-refractivity contribution in [1.29, 1.82) is 0 Å². The lowest BCUT2D eigenvalue weighted by Gasteiger charge is -2.33. The smallest absolute Gasteiger partial charge is 0.226 e. The van der Waals surface area contributed by atoms with Gasteiger partial charge in [-0.05, 0) is 38.2 Å². The van der Waals surface area contributed by atoms with E-state index in [0.717, 1.165) is 38.9 Å². The van der Waals surface area contributed by atoms with E-state index in [-0.39, 0.29) is 24.0 Å². The highest BCUT2D eigenvalue weighted by atomic mass is 16.5. The summed E-state index contributed by atoms with van der Waals surface area (Å²) in [5.41, 5.74) is 2.64. The minimum Gasteiger partial charge on any atom is -0.371 e. The zero-order chi connectivity index (χ0) is 15.8. The van der Waals surface area contributed by atoms with Crippen LogP contribution in [0.25, 0.3) is 0 Å². The molecule has 1 aromatic rings. The van der Waals surface area contributed by atoms with Gasteiger partial charge >= 0.3 is 0 Å². The highest BCUT2D eigenvalue weighted by Gasteiger charge is 2.45. The zero-order valence-electron chi connectivity index (χ0n) is 13.8. The van der Waals surface area contributed by atoms with Gasteiger partial charge in [-0.15, -0.1) is 0 Å². The average Bonchev–Trinajstić information content (AvgIpc) is 2.80. The Labute approximate surface area is 138 Å². The molecule has 3 aliphatic rings. The number of ether oxygens (including phenoxy) is 1. The predicted molar refractivity (Wildman–Crippen MR) is 89.0 cm³/mol. The van der Waals surface area contributed by atoms with Crippen molar-refractivity contribution in [3.05, 3.63) is 35.4 Å². The Hall–Kier alpha value is -1.39. The van der Waals surface area contributed by atoms with Crippen molar-refractivity contribution in [1.82, 2.24) is 10.2 Å². The standard InChI is InChI=1S/C19H26N2O2/c1-13-5-7-14(8-6-13)10-21-11-16-9-17(18(12-21)23-16)19(22)20-15-3-2-4-15/h5-8,15-18H,2-4,9-12H2,1H3,(H,20,22)/t16-,17+,18-/m0/s1. The van der Waals surface area contributed by atoms with Crippen molar-refractivity contribution in [2.75, 3.05) is 13.1 Å². The number of nitrogens with zero attached hydrogens (tertiary/aromatic N) is 1. The maximum atomic E-state index is 12.5. The number of hydrogen-bond donors (Lipinski definition) is 1. The van der Waals surface area contributed by atoms with E-state index < -0.39 is 0 Å². The van der Waals surface area contributed by atoms with Crippen molar-refractivity contribution < 1.29 is 9.53 Å². The second-order valence-electron chi connectivity index (χ2n) is 7.45. The van der Waals surface area contributed by atoms with Crippen LogP contribution in [0.2, 0.25) is 0 Å². The number of morpholine rings is 1. The Balaban J connectivity index is 1.35. The number of nitrogens with one attached hydrogen (secondary N) is 1. The van der Waals surface area contributed by atoms with Crippen molar-refractivity contribution in [2.45, 2.75) is 57.4 Å². The third-order valence-corrected chi connectivity index (χ3v) is 5.55. The Morgan fingerprint density at radius 2 is 2.04 bits per heavy atom. The summed E-state index contributed by atoms with van der Waals surface area (Å²) >= 11 is 0. The molecule has 2 aliphatic heterocycles. The molecule has 23 heavy (non-hydrogen) atoms. The summed E-state index contributed by atoms with van der Waals surface area (Å²) in [4.78, 5) is 14.9. The van der Waals surface area contributed by atoms with E-state index in [9.17, 15) is 4.79 Å². The predicted octanol–water partition coefficient (Wildman–Crippen LogP) is 2.25. The topological polar surface area (TPSA) is 41.6 Å². The minimum atomic E-state index is 0.0450. The van der Waals surface area contributed by atoms with Gasteiger partial charge in [0.15, 0.2) is 0 Å². The van der Waals surface area contributed by atoms with Crippen LogP contribution in [0, 0.1) is 12.8 Å². The van der Waals surface area contributed by atoms with Crippen molar-refractivity contribution in [2.24, 2.45) is 5.92 Å². The van der Waals surface area contributed by atoms with Crippen LogP contribution in [-0.2, 0) is 16.1 Å². The number of likely N-dealkylation sites (tertiary alicyclic amines) is 1. The number of aryl methyl sites for hydroxylation is 1. The molecule has 124 valence electrons. The molecule has 1 amide bonds. The maximum Gasteiger partial charge on any atom is 0.226 e. The van der Waals surface area contributed by atoms with Gasteiger partial charge in [0, 0.05) is 25.7 Å². The fraction of sp³-hybridized carbons (Fsp3) is 0.632. The number of hydrogen-bond acceptors (Lipinski definition) is 3. The molecule has 1 aromatic carbocycles. The van der Waals surface area contributed by atoms with Gasteiger partial charge in [-0.2, -0.15) is 0 Å². The van der Waals surface area contributed by atoms with E-state index in [4.69, 9.17) is 4.74 Å². The monoisotopic (exact) mass is 314 g/mol. The van der Waals surface area contributed by atoms with Gasteiger partial charge in [0.05, 0.1) is 18.1 Å². The lowest BCUT2D eigenvalue weighted by Crippen LogP contribution is -2.47. The van der Waals surface area contributed by atoms with E-state index in [1.807, 2.05) is 0 Å². The molecular formula is C19H26N2O2. The highest BCUT2D eigenvalue weighted by molar-refractivity contribution is 5.80. The SMILES string of the molecule is Cc1ccc(CN2C[C@@H]3C[C@@H](C(=O)NC4CCC4)[C@H](C2)O3)cc1. The van der Waals surface area contributed by atoms with Crippen molar-refractivity contribution >= 4 is 5.91 Å². The van der Waals surface area contributed by atoms with Crippen LogP contribution in [0.5, 0.6) is 0 Å². The number of fused-ring (bicyclic) bond motifs is 2. The molecule has 0 unspecified atom stereocenters. The van der Waals surface area contributed by atoms with E-state index in [0.29, 0.717) is 6.04 Å². The molecule has 4 rings (SSSR count). The first-order chi connectivity index (χ1) is 11.2. The molecule has 2 heterocycles. The second kappa shape index (κ2) is 6.25. The molecule has 2 bridgehead atoms. The molecule has 4 heteroatoms. The summed E-state index contributed by atoms with van der Waals surface area (Å²) in [5.74, 6) is 0.267. The summed E-state index contributed by atoms with van der Waals surface area (Å²) in [6.45, 7) is 4.88. The third kappa shape index (κ3) is 3.29. The number of amides is 1. The minimum absolute atomic E-state index is 0.0450. The van der Waals surface area contributed by atoms with Gasteiger partial charge in [0.25, 0.3) is 0 Å². The molecular weight excluding hydrogens is 288 g/mol. The van der Waals surface area contributed by atoms with Crippen LogP contribution in [0.1, 0.15) is 36.8 Å². The average molecular weight is 314 g/mol. The molecule has 4 nitrogen and oxygen atoms in total. The number of benzene rings is 1. The Kier molecular flexibility index (Phi) is 4.12. The van der Waals surface area contributed by atoms with E-state index >= 15 is 0 Å². The first-order valence-electron chi connectivity index (χ1n) is 8.91. The van der Waals surface area contributed by atoms with Crippen molar-refractivity contribution in [3.63, 3.8) is 0 Å². The lowest BCUT2D eigenvalue weighted by atomic mass is 9.91. The van der Waals surface area contributed by atoms with Crippen LogP contribution in [0.15, 0.2) is 24.3 Å². The van der Waals surface area contributed by atoms with Gasteiger partial charge in [0.2, 0.25) is 5.91 Å². The highest BCUT2D eigenvalue weighted by Crippen LogP contribution is 2.33. The third-order valence-electron chi connectivity index (χ3n) is 5.55. The molecule has 0 radical (unpaired) electrons. The van der Waals surface area contributed by atoms with Crippen LogP contribution in [0.3, 0.4) is 0 Å². The van der Waals surface area contributed by atoms with Crippen LogP contribution in [-0.4, -0.2) is 42.1 Å². The lowest BCUT2D eigenvalue weighted by molar-refractivity contribution is -0.129. The first-order valence-corrected chi connectivity index (χ1v) is 8.91. The second-order valence-corrected chi connectivity index (χ2v) is 7.45. The van der Waals surface area contributed by atoms with Gasteiger partial charge in [-0.3, -0.25) is 9.69 Å². The number of carbonyl (C=O) groups excluding carboxylic acids is 1. The molecule has 0 spiro atoms. The molecule has 1 aliphatic carbocycles. The first kappa shape index (κ1) is 15.2. The quantitative estimate of drug-likeness (QED) is 0.927. The van der Waals surface area contributed by atoms with E-state index in [1.54, 1.807) is 0 Å². The van der Waals surface area contributed by atoms with Gasteiger partial charge in [-0.25, -0.2) is 0 Å². The Morgan fingerprint density at radius 3 is 2.74 bits per heavy atom. The van der Waals surface area contributed by atoms with Crippen molar-refractivity contribution in [3.8, 4) is 0 Å². The molecule has 1 saturated carbocycles. The molecule has 0 aromatic heterocycles. The molecule has 2 saturated heterocycles. The Bertz CT molecular complexity index is 567. The van der Waals surface area contributed by atoms with Crippen LogP contribution >= 0.6 is 0 Å². The largest absolute Gasteiger partial charge is 0.371 e. The maximum absolute atomic E-state index is 12.5. The summed E-state index contributed by atoms with van der Waals surface area (Å²) in [6.07, 6.45) is 4.71. The van der Waals surface area contributed by atoms with Gasteiger partial charge < -0.3 is 10.1 Å². The Morgan fingerprint density at radius 1 is 1.26 bits per heavy atom. The number of rotatable bonds is 4. The summed E-state index contributed by atoms with van der Waals surface area (Å²) in [7, 11) is 0. The number of carbonyl (C=O) groups is 1. The van der Waals surface area contributed by atoms with Crippen LogP contribution in [0.4, 0.5) is 0 Å². The molecule has 3 atom stereocenters. The fourth-order valence-electron chi connectivity index (χ4n) is 3.95. The fourth-order valence-corrected chi connectivity index (χ4v) is 3.95. The molecule has 3 fully saturated rings. The molecule has 1 N–H and O–H groups in total. The van der Waals surface area contributed by atoms with E-state index in [2.05, 4.69) is 41.4 Å². The summed E-state index contributed by atoms with van der Waals surface area (Å²) in [5, 5.41) is 3.20. The zero-order valence-corrected chi connectivity index (χ0v) is 13.8. The summed E-state index contributed by atoms with van der Waals surface area (Å²) in [6, 6.07) is 9.16. The van der Waals surface area contributed by atoms with Gasteiger partial charge in [-0.1, -0.05) is 29.8 Å². The summed E-state index contributed by atoms with van der Waals surface area (Å²) < 4.78 is 6.05. The van der Waals surface area contributed by atoms with Gasteiger partial charge in [0.1, 0.15) is 0 Å².